The van der Waals surface area contributed by atoms with Gasteiger partial charge in [-0.05, 0) is 40.4 Å². The van der Waals surface area contributed by atoms with Gasteiger partial charge in [-0.25, -0.2) is 0 Å². The molecule has 0 aliphatic carbocycles. The molecule has 0 atom stereocenters. The molecule has 0 aromatic heterocycles. The molecule has 0 fully saturated rings. The normalized spacial score (nSPS) is 12.8. The summed E-state index contributed by atoms with van der Waals surface area (Å²) >= 11 is 4.84. The SMILES string of the molecule is CCCCc1cc(C(C)(C)C)c(S)c(C(C)(C)C)c1. The predicted octanol–water partition coefficient (Wildman–Crippen LogP) is 5.91. The number of aryl methyl sites for hydroxylation is 1. The Bertz CT molecular complexity index is 395. The Labute approximate surface area is 125 Å². The van der Waals surface area contributed by atoms with Gasteiger partial charge in [0.05, 0.1) is 0 Å². The minimum absolute atomic E-state index is 0.152. The Morgan fingerprint density at radius 3 is 1.63 bits per heavy atom. The van der Waals surface area contributed by atoms with Gasteiger partial charge in [-0.15, -0.1) is 12.6 Å². The van der Waals surface area contributed by atoms with Crippen LogP contribution in [0.1, 0.15) is 78.0 Å². The third-order valence-electron chi connectivity index (χ3n) is 3.60. The van der Waals surface area contributed by atoms with E-state index in [1.165, 1.54) is 40.8 Å². The van der Waals surface area contributed by atoms with Crippen molar-refractivity contribution in [3.8, 4) is 0 Å². The molecule has 0 saturated heterocycles. The van der Waals surface area contributed by atoms with Crippen LogP contribution in [0, 0.1) is 0 Å². The van der Waals surface area contributed by atoms with Crippen LogP contribution in [0.4, 0.5) is 0 Å². The Balaban J connectivity index is 3.39. The smallest absolute Gasteiger partial charge is 0.0115 e. The summed E-state index contributed by atoms with van der Waals surface area (Å²) < 4.78 is 0. The largest absolute Gasteiger partial charge is 0.143 e. The molecule has 1 heteroatoms. The molecular formula is C18H30S. The Kier molecular flexibility index (Phi) is 5.17. The van der Waals surface area contributed by atoms with Crippen molar-refractivity contribution in [3.63, 3.8) is 0 Å². The first kappa shape index (κ1) is 16.6. The number of hydrogen-bond donors (Lipinski definition) is 1. The van der Waals surface area contributed by atoms with Gasteiger partial charge in [-0.1, -0.05) is 67.0 Å². The maximum absolute atomic E-state index is 4.84. The second-order valence-electron chi connectivity index (χ2n) is 7.64. The molecule has 108 valence electrons. The Morgan fingerprint density at radius 1 is 0.895 bits per heavy atom. The zero-order chi connectivity index (χ0) is 14.8. The zero-order valence-electron chi connectivity index (χ0n) is 13.7. The molecular weight excluding hydrogens is 248 g/mol. The van der Waals surface area contributed by atoms with Crippen molar-refractivity contribution in [2.45, 2.75) is 83.5 Å². The van der Waals surface area contributed by atoms with Crippen LogP contribution in [0.3, 0.4) is 0 Å². The first-order valence-corrected chi connectivity index (χ1v) is 7.89. The van der Waals surface area contributed by atoms with Gasteiger partial charge in [0.25, 0.3) is 0 Å². The Hall–Kier alpha value is -0.430. The summed E-state index contributed by atoms with van der Waals surface area (Å²) in [6.07, 6.45) is 3.69. The summed E-state index contributed by atoms with van der Waals surface area (Å²) in [6, 6.07) is 4.74. The molecule has 0 aliphatic rings. The second-order valence-corrected chi connectivity index (χ2v) is 8.09. The lowest BCUT2D eigenvalue weighted by atomic mass is 9.79. The molecule has 0 saturated carbocycles. The fourth-order valence-corrected chi connectivity index (χ4v) is 3.16. The molecule has 0 N–H and O–H groups in total. The van der Waals surface area contributed by atoms with Gasteiger partial charge in [0.15, 0.2) is 0 Å². The van der Waals surface area contributed by atoms with Gasteiger partial charge in [-0.3, -0.25) is 0 Å². The van der Waals surface area contributed by atoms with Crippen LogP contribution in [-0.2, 0) is 17.3 Å². The van der Waals surface area contributed by atoms with Gasteiger partial charge in [0, 0.05) is 4.90 Å². The van der Waals surface area contributed by atoms with Crippen LogP contribution in [-0.4, -0.2) is 0 Å². The van der Waals surface area contributed by atoms with Gasteiger partial charge in [0.1, 0.15) is 0 Å². The van der Waals surface area contributed by atoms with E-state index in [0.29, 0.717) is 0 Å². The summed E-state index contributed by atoms with van der Waals surface area (Å²) in [5.74, 6) is 0. The zero-order valence-corrected chi connectivity index (χ0v) is 14.6. The van der Waals surface area contributed by atoms with Crippen molar-refractivity contribution in [1.29, 1.82) is 0 Å². The molecule has 0 amide bonds. The molecule has 0 radical (unpaired) electrons. The van der Waals surface area contributed by atoms with Crippen LogP contribution in [0.5, 0.6) is 0 Å². The molecule has 0 nitrogen and oxygen atoms in total. The lowest BCUT2D eigenvalue weighted by Gasteiger charge is -2.29. The second kappa shape index (κ2) is 5.91. The first-order valence-electron chi connectivity index (χ1n) is 7.44. The average Bonchev–Trinajstić information content (AvgIpc) is 2.24. The minimum atomic E-state index is 0.152. The quantitative estimate of drug-likeness (QED) is 0.652. The number of hydrogen-bond acceptors (Lipinski definition) is 1. The van der Waals surface area contributed by atoms with Crippen LogP contribution in [0.15, 0.2) is 17.0 Å². The van der Waals surface area contributed by atoms with E-state index >= 15 is 0 Å². The van der Waals surface area contributed by atoms with E-state index < -0.39 is 0 Å². The van der Waals surface area contributed by atoms with Crippen molar-refractivity contribution in [1.82, 2.24) is 0 Å². The van der Waals surface area contributed by atoms with E-state index in [0.717, 1.165) is 0 Å². The number of rotatable bonds is 3. The van der Waals surface area contributed by atoms with E-state index in [1.54, 1.807) is 0 Å². The van der Waals surface area contributed by atoms with Crippen molar-refractivity contribution < 1.29 is 0 Å². The third-order valence-corrected chi connectivity index (χ3v) is 4.09. The molecule has 1 aromatic carbocycles. The molecule has 0 spiro atoms. The average molecular weight is 279 g/mol. The van der Waals surface area contributed by atoms with E-state index in [9.17, 15) is 0 Å². The van der Waals surface area contributed by atoms with Gasteiger partial charge in [0.2, 0.25) is 0 Å². The molecule has 0 bridgehead atoms. The fraction of sp³-hybridized carbons (Fsp3) is 0.667. The van der Waals surface area contributed by atoms with Crippen molar-refractivity contribution in [3.05, 3.63) is 28.8 Å². The van der Waals surface area contributed by atoms with Gasteiger partial charge in [-0.2, -0.15) is 0 Å². The van der Waals surface area contributed by atoms with Crippen molar-refractivity contribution in [2.75, 3.05) is 0 Å². The highest BCUT2D eigenvalue weighted by Gasteiger charge is 2.24. The van der Waals surface area contributed by atoms with E-state index in [4.69, 9.17) is 12.6 Å². The summed E-state index contributed by atoms with van der Waals surface area (Å²) in [5, 5.41) is 0. The summed E-state index contributed by atoms with van der Waals surface area (Å²) in [4.78, 5) is 1.18. The molecule has 19 heavy (non-hydrogen) atoms. The monoisotopic (exact) mass is 278 g/mol. The lowest BCUT2D eigenvalue weighted by Crippen LogP contribution is -2.19. The highest BCUT2D eigenvalue weighted by atomic mass is 32.1. The maximum atomic E-state index is 4.84. The Morgan fingerprint density at radius 2 is 1.32 bits per heavy atom. The molecule has 0 unspecified atom stereocenters. The first-order chi connectivity index (χ1) is 8.57. The maximum Gasteiger partial charge on any atom is 0.0115 e. The third kappa shape index (κ3) is 4.27. The number of thiol groups is 1. The van der Waals surface area contributed by atoms with Crippen LogP contribution < -0.4 is 0 Å². The molecule has 1 aromatic rings. The molecule has 0 aliphatic heterocycles. The highest BCUT2D eigenvalue weighted by molar-refractivity contribution is 7.80. The topological polar surface area (TPSA) is 0 Å². The summed E-state index contributed by atoms with van der Waals surface area (Å²) in [5.41, 5.74) is 4.54. The molecule has 0 heterocycles. The lowest BCUT2D eigenvalue weighted by molar-refractivity contribution is 0.544. The van der Waals surface area contributed by atoms with Crippen LogP contribution in [0.2, 0.25) is 0 Å². The summed E-state index contributed by atoms with van der Waals surface area (Å²) in [6.45, 7) is 15.9. The molecule has 1 rings (SSSR count). The van der Waals surface area contributed by atoms with E-state index in [2.05, 4.69) is 60.6 Å². The summed E-state index contributed by atoms with van der Waals surface area (Å²) in [7, 11) is 0. The highest BCUT2D eigenvalue weighted by Crippen LogP contribution is 2.37. The van der Waals surface area contributed by atoms with E-state index in [1.807, 2.05) is 0 Å². The van der Waals surface area contributed by atoms with Gasteiger partial charge < -0.3 is 0 Å². The van der Waals surface area contributed by atoms with Crippen LogP contribution in [0.25, 0.3) is 0 Å². The number of unbranched alkanes of at least 4 members (excludes halogenated alkanes) is 1. The van der Waals surface area contributed by atoms with Gasteiger partial charge >= 0.3 is 0 Å². The predicted molar refractivity (Wildman–Crippen MR) is 89.7 cm³/mol. The van der Waals surface area contributed by atoms with E-state index in [-0.39, 0.29) is 10.8 Å². The minimum Gasteiger partial charge on any atom is -0.143 e. The number of benzene rings is 1. The fourth-order valence-electron chi connectivity index (χ4n) is 2.36. The van der Waals surface area contributed by atoms with Crippen LogP contribution >= 0.6 is 12.6 Å². The van der Waals surface area contributed by atoms with Crippen molar-refractivity contribution in [2.24, 2.45) is 0 Å². The standard InChI is InChI=1S/C18H30S/c1-8-9-10-13-11-14(17(2,3)4)16(19)15(12-13)18(5,6)7/h11-12,19H,8-10H2,1-7H3. The van der Waals surface area contributed by atoms with Crippen molar-refractivity contribution >= 4 is 12.6 Å².